The van der Waals surface area contributed by atoms with Crippen molar-refractivity contribution in [2.24, 2.45) is 0 Å². The molecule has 1 aromatic carbocycles. The molecule has 0 bridgehead atoms. The van der Waals surface area contributed by atoms with Crippen LogP contribution in [0.25, 0.3) is 16.9 Å². The van der Waals surface area contributed by atoms with Gasteiger partial charge < -0.3 is 5.11 Å². The number of benzene rings is 1. The third-order valence-corrected chi connectivity index (χ3v) is 2.90. The Hall–Kier alpha value is -2.53. The highest BCUT2D eigenvalue weighted by Gasteiger charge is 2.01. The third kappa shape index (κ3) is 2.36. The van der Waals surface area contributed by atoms with Gasteiger partial charge in [0.2, 0.25) is 0 Å². The second-order valence-corrected chi connectivity index (χ2v) is 4.13. The van der Waals surface area contributed by atoms with E-state index in [4.69, 9.17) is 5.11 Å². The fraction of sp³-hybridized carbons (Fsp3) is 0.0714. The predicted molar refractivity (Wildman–Crippen MR) is 70.5 cm³/mol. The van der Waals surface area contributed by atoms with E-state index < -0.39 is 0 Å². The average Bonchev–Trinajstić information content (AvgIpc) is 3.02. The second kappa shape index (κ2) is 4.99. The molecule has 0 saturated carbocycles. The van der Waals surface area contributed by atoms with Crippen LogP contribution in [0.3, 0.4) is 0 Å². The minimum Gasteiger partial charge on any atom is -0.392 e. The third-order valence-electron chi connectivity index (χ3n) is 2.90. The summed E-state index contributed by atoms with van der Waals surface area (Å²) in [7, 11) is 0. The Morgan fingerprint density at radius 2 is 1.58 bits per heavy atom. The molecule has 2 heterocycles. The SMILES string of the molecule is OCc1ccc(-c2ccc(-n3cnnc3)nc2)cc1. The smallest absolute Gasteiger partial charge is 0.139 e. The molecule has 19 heavy (non-hydrogen) atoms. The minimum absolute atomic E-state index is 0.0606. The molecule has 0 aliphatic rings. The van der Waals surface area contributed by atoms with Gasteiger partial charge in [0.25, 0.3) is 0 Å². The van der Waals surface area contributed by atoms with Gasteiger partial charge in [0, 0.05) is 11.8 Å². The summed E-state index contributed by atoms with van der Waals surface area (Å²) in [6, 6.07) is 11.7. The molecule has 0 fully saturated rings. The summed E-state index contributed by atoms with van der Waals surface area (Å²) in [5.41, 5.74) is 3.00. The van der Waals surface area contributed by atoms with Crippen LogP contribution in [0.5, 0.6) is 0 Å². The van der Waals surface area contributed by atoms with E-state index in [0.29, 0.717) is 0 Å². The van der Waals surface area contributed by atoms with Crippen LogP contribution in [0.4, 0.5) is 0 Å². The molecule has 0 aliphatic carbocycles. The van der Waals surface area contributed by atoms with Crippen LogP contribution >= 0.6 is 0 Å². The molecule has 0 unspecified atom stereocenters. The molecule has 0 spiro atoms. The summed E-state index contributed by atoms with van der Waals surface area (Å²) in [5.74, 6) is 0.778. The molecule has 0 saturated heterocycles. The van der Waals surface area contributed by atoms with Gasteiger partial charge in [0.1, 0.15) is 18.5 Å². The van der Waals surface area contributed by atoms with Gasteiger partial charge in [-0.1, -0.05) is 24.3 Å². The maximum atomic E-state index is 9.01. The molecule has 0 atom stereocenters. The van der Waals surface area contributed by atoms with E-state index in [1.807, 2.05) is 42.6 Å². The van der Waals surface area contributed by atoms with E-state index in [2.05, 4.69) is 15.2 Å². The molecular formula is C14H12N4O. The van der Waals surface area contributed by atoms with Crippen LogP contribution in [0.1, 0.15) is 5.56 Å². The van der Waals surface area contributed by atoms with Crippen molar-refractivity contribution in [2.75, 3.05) is 0 Å². The van der Waals surface area contributed by atoms with Crippen LogP contribution in [0, 0.1) is 0 Å². The first-order chi connectivity index (χ1) is 9.36. The van der Waals surface area contributed by atoms with Gasteiger partial charge in [-0.15, -0.1) is 10.2 Å². The van der Waals surface area contributed by atoms with Gasteiger partial charge in [0.05, 0.1) is 6.61 Å². The predicted octanol–water partition coefficient (Wildman–Crippen LogP) is 1.82. The molecule has 1 N–H and O–H groups in total. The van der Waals surface area contributed by atoms with E-state index >= 15 is 0 Å². The van der Waals surface area contributed by atoms with Crippen molar-refractivity contribution in [2.45, 2.75) is 6.61 Å². The summed E-state index contributed by atoms with van der Waals surface area (Å²) in [5, 5.41) is 16.5. The normalized spacial score (nSPS) is 10.6. The van der Waals surface area contributed by atoms with Gasteiger partial charge in [-0.3, -0.25) is 4.57 Å². The zero-order valence-corrected chi connectivity index (χ0v) is 10.1. The van der Waals surface area contributed by atoms with Crippen LogP contribution in [-0.2, 0) is 6.61 Å². The molecule has 3 rings (SSSR count). The molecule has 5 heteroatoms. The molecule has 5 nitrogen and oxygen atoms in total. The number of aliphatic hydroxyl groups excluding tert-OH is 1. The summed E-state index contributed by atoms with van der Waals surface area (Å²) in [6.07, 6.45) is 5.03. The van der Waals surface area contributed by atoms with Crippen LogP contribution in [0.2, 0.25) is 0 Å². The Labute approximate surface area is 110 Å². The topological polar surface area (TPSA) is 63.8 Å². The standard InChI is InChI=1S/C14H12N4O/c19-8-11-1-3-12(4-2-11)13-5-6-14(15-7-13)18-9-16-17-10-18/h1-7,9-10,19H,8H2. The number of aromatic nitrogens is 4. The first-order valence-corrected chi connectivity index (χ1v) is 5.88. The highest BCUT2D eigenvalue weighted by Crippen LogP contribution is 2.19. The Morgan fingerprint density at radius 3 is 2.16 bits per heavy atom. The quantitative estimate of drug-likeness (QED) is 0.772. The zero-order chi connectivity index (χ0) is 13.1. The lowest BCUT2D eigenvalue weighted by Gasteiger charge is -2.04. The second-order valence-electron chi connectivity index (χ2n) is 4.13. The van der Waals surface area contributed by atoms with E-state index in [1.165, 1.54) is 0 Å². The molecule has 2 aromatic heterocycles. The van der Waals surface area contributed by atoms with E-state index in [1.54, 1.807) is 17.2 Å². The molecule has 94 valence electrons. The first-order valence-electron chi connectivity index (χ1n) is 5.88. The van der Waals surface area contributed by atoms with Gasteiger partial charge in [-0.25, -0.2) is 4.98 Å². The van der Waals surface area contributed by atoms with Crippen molar-refractivity contribution in [1.29, 1.82) is 0 Å². The maximum absolute atomic E-state index is 9.01. The Kier molecular flexibility index (Phi) is 3.04. The summed E-state index contributed by atoms with van der Waals surface area (Å²) < 4.78 is 1.75. The van der Waals surface area contributed by atoms with Crippen molar-refractivity contribution in [1.82, 2.24) is 19.7 Å². The lowest BCUT2D eigenvalue weighted by molar-refractivity contribution is 0.282. The Balaban J connectivity index is 1.89. The fourth-order valence-corrected chi connectivity index (χ4v) is 1.83. The number of hydrogen-bond acceptors (Lipinski definition) is 4. The highest BCUT2D eigenvalue weighted by molar-refractivity contribution is 5.63. The Bertz CT molecular complexity index is 645. The zero-order valence-electron chi connectivity index (χ0n) is 10.1. The van der Waals surface area contributed by atoms with Crippen molar-refractivity contribution in [3.05, 3.63) is 60.8 Å². The van der Waals surface area contributed by atoms with Crippen molar-refractivity contribution in [3.63, 3.8) is 0 Å². The largest absolute Gasteiger partial charge is 0.392 e. The minimum atomic E-state index is 0.0606. The average molecular weight is 252 g/mol. The molecule has 3 aromatic rings. The first kappa shape index (κ1) is 11.6. The van der Waals surface area contributed by atoms with Gasteiger partial charge in [-0.05, 0) is 23.3 Å². The maximum Gasteiger partial charge on any atom is 0.139 e. The van der Waals surface area contributed by atoms with Crippen LogP contribution in [0.15, 0.2) is 55.2 Å². The lowest BCUT2D eigenvalue weighted by Crippen LogP contribution is -1.94. The summed E-state index contributed by atoms with van der Waals surface area (Å²) in [4.78, 5) is 4.37. The number of rotatable bonds is 3. The van der Waals surface area contributed by atoms with E-state index in [-0.39, 0.29) is 6.61 Å². The molecule has 0 radical (unpaired) electrons. The molecule has 0 amide bonds. The number of pyridine rings is 1. The van der Waals surface area contributed by atoms with Crippen molar-refractivity contribution in [3.8, 4) is 16.9 Å². The van der Waals surface area contributed by atoms with E-state index in [9.17, 15) is 0 Å². The fourth-order valence-electron chi connectivity index (χ4n) is 1.83. The van der Waals surface area contributed by atoms with Crippen molar-refractivity contribution < 1.29 is 5.11 Å². The lowest BCUT2D eigenvalue weighted by atomic mass is 10.1. The van der Waals surface area contributed by atoms with Crippen molar-refractivity contribution >= 4 is 0 Å². The molecular weight excluding hydrogens is 240 g/mol. The summed E-state index contributed by atoms with van der Waals surface area (Å²) >= 11 is 0. The van der Waals surface area contributed by atoms with Gasteiger partial charge in [0.15, 0.2) is 0 Å². The van der Waals surface area contributed by atoms with E-state index in [0.717, 1.165) is 22.5 Å². The van der Waals surface area contributed by atoms with Crippen LogP contribution in [-0.4, -0.2) is 24.9 Å². The number of nitrogens with zero attached hydrogens (tertiary/aromatic N) is 4. The Morgan fingerprint density at radius 1 is 0.895 bits per heavy atom. The molecule has 0 aliphatic heterocycles. The monoisotopic (exact) mass is 252 g/mol. The summed E-state index contributed by atoms with van der Waals surface area (Å²) in [6.45, 7) is 0.0606. The number of aliphatic hydroxyl groups is 1. The van der Waals surface area contributed by atoms with Gasteiger partial charge in [-0.2, -0.15) is 0 Å². The van der Waals surface area contributed by atoms with Crippen LogP contribution < -0.4 is 0 Å². The highest BCUT2D eigenvalue weighted by atomic mass is 16.3. The van der Waals surface area contributed by atoms with Gasteiger partial charge >= 0.3 is 0 Å². The number of hydrogen-bond donors (Lipinski definition) is 1.